The highest BCUT2D eigenvalue weighted by Crippen LogP contribution is 2.32. The van der Waals surface area contributed by atoms with Crippen LogP contribution in [0, 0.1) is 11.8 Å². The first-order chi connectivity index (χ1) is 5.70. The zero-order valence-electron chi connectivity index (χ0n) is 9.01. The van der Waals surface area contributed by atoms with Crippen molar-refractivity contribution in [2.75, 3.05) is 13.6 Å². The molecular weight excluding hydrogens is 146 g/mol. The molecule has 0 saturated carbocycles. The van der Waals surface area contributed by atoms with Crippen LogP contribution in [-0.2, 0) is 0 Å². The van der Waals surface area contributed by atoms with E-state index in [9.17, 15) is 0 Å². The molecule has 0 spiro atoms. The van der Waals surface area contributed by atoms with Gasteiger partial charge in [0.1, 0.15) is 0 Å². The molecule has 1 heterocycles. The van der Waals surface area contributed by atoms with Crippen LogP contribution in [-0.4, -0.2) is 24.5 Å². The molecule has 1 aliphatic heterocycles. The van der Waals surface area contributed by atoms with Crippen molar-refractivity contribution in [2.24, 2.45) is 11.8 Å². The summed E-state index contributed by atoms with van der Waals surface area (Å²) in [7, 11) is 2.28. The molecule has 0 aromatic carbocycles. The van der Waals surface area contributed by atoms with Crippen molar-refractivity contribution in [3.05, 3.63) is 0 Å². The van der Waals surface area contributed by atoms with E-state index in [2.05, 4.69) is 32.7 Å². The largest absolute Gasteiger partial charge is 0.303 e. The Morgan fingerprint density at radius 2 is 2.00 bits per heavy atom. The van der Waals surface area contributed by atoms with Crippen molar-refractivity contribution in [1.29, 1.82) is 0 Å². The highest BCUT2D eigenvalue weighted by Gasteiger charge is 2.34. The first-order valence-corrected chi connectivity index (χ1v) is 5.40. The summed E-state index contributed by atoms with van der Waals surface area (Å²) in [5.41, 5.74) is 0. The van der Waals surface area contributed by atoms with Crippen LogP contribution in [0.2, 0.25) is 0 Å². The quantitative estimate of drug-likeness (QED) is 0.628. The molecule has 3 atom stereocenters. The zero-order valence-corrected chi connectivity index (χ0v) is 9.01. The first kappa shape index (κ1) is 10.0. The Bertz CT molecular complexity index is 133. The van der Waals surface area contributed by atoms with Crippen molar-refractivity contribution in [1.82, 2.24) is 4.90 Å². The molecule has 1 nitrogen and oxygen atoms in total. The molecule has 1 fully saturated rings. The van der Waals surface area contributed by atoms with Gasteiger partial charge in [-0.25, -0.2) is 0 Å². The molecule has 1 rings (SSSR count). The number of rotatable bonds is 3. The van der Waals surface area contributed by atoms with Gasteiger partial charge in [0.2, 0.25) is 0 Å². The lowest BCUT2D eigenvalue weighted by molar-refractivity contribution is 0.271. The van der Waals surface area contributed by atoms with Gasteiger partial charge in [-0.2, -0.15) is 0 Å². The fraction of sp³-hybridized carbons (Fsp3) is 1.00. The van der Waals surface area contributed by atoms with Crippen LogP contribution in [0.3, 0.4) is 0 Å². The second-order valence-corrected chi connectivity index (χ2v) is 4.32. The average Bonchev–Trinajstić information content (AvgIpc) is 2.29. The van der Waals surface area contributed by atoms with E-state index in [1.165, 1.54) is 25.8 Å². The van der Waals surface area contributed by atoms with Gasteiger partial charge in [-0.1, -0.05) is 27.2 Å². The van der Waals surface area contributed by atoms with Crippen LogP contribution >= 0.6 is 0 Å². The van der Waals surface area contributed by atoms with E-state index in [-0.39, 0.29) is 0 Å². The lowest BCUT2D eigenvalue weighted by Crippen LogP contribution is -2.27. The molecule has 0 N–H and O–H groups in total. The van der Waals surface area contributed by atoms with E-state index < -0.39 is 0 Å². The summed E-state index contributed by atoms with van der Waals surface area (Å²) in [4.78, 5) is 2.55. The standard InChI is InChI=1S/C11H23N/c1-5-7-10-8-12(4)11(6-2)9(10)3/h9-11H,5-8H2,1-4H3. The molecule has 0 bridgehead atoms. The Kier molecular flexibility index (Phi) is 3.57. The van der Waals surface area contributed by atoms with Crippen LogP contribution < -0.4 is 0 Å². The Balaban J connectivity index is 2.49. The summed E-state index contributed by atoms with van der Waals surface area (Å²) in [6, 6.07) is 0.849. The van der Waals surface area contributed by atoms with Crippen LogP contribution in [0.25, 0.3) is 0 Å². The van der Waals surface area contributed by atoms with Crippen molar-refractivity contribution in [3.8, 4) is 0 Å². The number of likely N-dealkylation sites (tertiary alicyclic amines) is 1. The minimum Gasteiger partial charge on any atom is -0.303 e. The number of hydrogen-bond acceptors (Lipinski definition) is 1. The Labute approximate surface area is 77.1 Å². The predicted molar refractivity (Wildman–Crippen MR) is 54.3 cm³/mol. The molecule has 0 aliphatic carbocycles. The van der Waals surface area contributed by atoms with Gasteiger partial charge in [-0.15, -0.1) is 0 Å². The highest BCUT2D eigenvalue weighted by atomic mass is 15.2. The molecule has 72 valence electrons. The Morgan fingerprint density at radius 3 is 2.42 bits per heavy atom. The lowest BCUT2D eigenvalue weighted by atomic mass is 9.88. The lowest BCUT2D eigenvalue weighted by Gasteiger charge is -2.21. The molecule has 0 aromatic rings. The van der Waals surface area contributed by atoms with Crippen LogP contribution in [0.15, 0.2) is 0 Å². The van der Waals surface area contributed by atoms with E-state index >= 15 is 0 Å². The van der Waals surface area contributed by atoms with Gasteiger partial charge in [0.15, 0.2) is 0 Å². The van der Waals surface area contributed by atoms with Gasteiger partial charge < -0.3 is 4.90 Å². The van der Waals surface area contributed by atoms with Crippen LogP contribution in [0.5, 0.6) is 0 Å². The van der Waals surface area contributed by atoms with Crippen LogP contribution in [0.1, 0.15) is 40.0 Å². The maximum atomic E-state index is 2.55. The zero-order chi connectivity index (χ0) is 9.14. The van der Waals surface area contributed by atoms with Gasteiger partial charge in [0.25, 0.3) is 0 Å². The fourth-order valence-corrected chi connectivity index (χ4v) is 2.80. The summed E-state index contributed by atoms with van der Waals surface area (Å²) in [6.07, 6.45) is 4.08. The molecule has 1 saturated heterocycles. The van der Waals surface area contributed by atoms with Crippen LogP contribution in [0.4, 0.5) is 0 Å². The van der Waals surface area contributed by atoms with E-state index in [0.29, 0.717) is 0 Å². The summed E-state index contributed by atoms with van der Waals surface area (Å²) < 4.78 is 0. The van der Waals surface area contributed by atoms with E-state index in [1.54, 1.807) is 0 Å². The van der Waals surface area contributed by atoms with Gasteiger partial charge in [0, 0.05) is 12.6 Å². The monoisotopic (exact) mass is 169 g/mol. The van der Waals surface area contributed by atoms with E-state index in [0.717, 1.165) is 17.9 Å². The topological polar surface area (TPSA) is 3.24 Å². The van der Waals surface area contributed by atoms with Gasteiger partial charge in [-0.3, -0.25) is 0 Å². The maximum Gasteiger partial charge on any atom is 0.0118 e. The molecule has 12 heavy (non-hydrogen) atoms. The van der Waals surface area contributed by atoms with Gasteiger partial charge in [0.05, 0.1) is 0 Å². The summed E-state index contributed by atoms with van der Waals surface area (Å²) in [6.45, 7) is 8.36. The van der Waals surface area contributed by atoms with Gasteiger partial charge >= 0.3 is 0 Å². The smallest absolute Gasteiger partial charge is 0.0118 e. The Hall–Kier alpha value is -0.0400. The molecular formula is C11H23N. The second kappa shape index (κ2) is 4.27. The fourth-order valence-electron chi connectivity index (χ4n) is 2.80. The molecule has 0 radical (unpaired) electrons. The van der Waals surface area contributed by atoms with Gasteiger partial charge in [-0.05, 0) is 31.7 Å². The third kappa shape index (κ3) is 1.82. The minimum absolute atomic E-state index is 0.849. The normalized spacial score (nSPS) is 37.5. The van der Waals surface area contributed by atoms with Crippen molar-refractivity contribution in [3.63, 3.8) is 0 Å². The first-order valence-electron chi connectivity index (χ1n) is 5.40. The third-order valence-corrected chi connectivity index (χ3v) is 3.52. The SMILES string of the molecule is CCCC1CN(C)C(CC)C1C. The van der Waals surface area contributed by atoms with E-state index in [4.69, 9.17) is 0 Å². The average molecular weight is 169 g/mol. The summed E-state index contributed by atoms with van der Waals surface area (Å²) in [5.74, 6) is 1.88. The maximum absolute atomic E-state index is 2.55. The third-order valence-electron chi connectivity index (χ3n) is 3.52. The molecule has 3 unspecified atom stereocenters. The summed E-state index contributed by atoms with van der Waals surface area (Å²) in [5, 5.41) is 0. The van der Waals surface area contributed by atoms with Crippen molar-refractivity contribution in [2.45, 2.75) is 46.1 Å². The second-order valence-electron chi connectivity index (χ2n) is 4.32. The number of nitrogens with zero attached hydrogens (tertiary/aromatic N) is 1. The Morgan fingerprint density at radius 1 is 1.33 bits per heavy atom. The summed E-state index contributed by atoms with van der Waals surface area (Å²) >= 11 is 0. The molecule has 0 amide bonds. The van der Waals surface area contributed by atoms with E-state index in [1.807, 2.05) is 0 Å². The molecule has 0 aromatic heterocycles. The minimum atomic E-state index is 0.849. The van der Waals surface area contributed by atoms with Crippen molar-refractivity contribution >= 4 is 0 Å². The predicted octanol–water partition coefficient (Wildman–Crippen LogP) is 2.76. The number of hydrogen-bond donors (Lipinski definition) is 0. The molecule has 1 aliphatic rings. The highest BCUT2D eigenvalue weighted by molar-refractivity contribution is 4.87. The molecule has 1 heteroatoms. The van der Waals surface area contributed by atoms with Crippen molar-refractivity contribution < 1.29 is 0 Å².